The second kappa shape index (κ2) is 8.44. The summed E-state index contributed by atoms with van der Waals surface area (Å²) in [6.07, 6.45) is 3.26. The third kappa shape index (κ3) is 5.99. The molecule has 0 amide bonds. The molecule has 4 heteroatoms. The van der Waals surface area contributed by atoms with Crippen molar-refractivity contribution < 1.29 is 10.2 Å². The van der Waals surface area contributed by atoms with Gasteiger partial charge in [0, 0.05) is 12.6 Å². The van der Waals surface area contributed by atoms with E-state index in [9.17, 15) is 5.11 Å². The predicted molar refractivity (Wildman–Crippen MR) is 55.1 cm³/mol. The summed E-state index contributed by atoms with van der Waals surface area (Å²) < 4.78 is 0. The average Bonchev–Trinajstić information content (AvgIpc) is 2.36. The summed E-state index contributed by atoms with van der Waals surface area (Å²) >= 11 is 0. The van der Waals surface area contributed by atoms with Crippen LogP contribution in [0.5, 0.6) is 0 Å². The van der Waals surface area contributed by atoms with Gasteiger partial charge in [-0.15, -0.1) is 0 Å². The SMILES string of the molecule is CCO.CN(C)[C@@H]1CCC[C@@H]1O.N. The van der Waals surface area contributed by atoms with E-state index in [1.165, 1.54) is 6.42 Å². The third-order valence-corrected chi connectivity index (χ3v) is 2.11. The molecular weight excluding hydrogens is 168 g/mol. The fourth-order valence-electron chi connectivity index (χ4n) is 1.52. The van der Waals surface area contributed by atoms with Gasteiger partial charge in [-0.25, -0.2) is 0 Å². The first kappa shape index (κ1) is 15.3. The molecule has 0 bridgehead atoms. The summed E-state index contributed by atoms with van der Waals surface area (Å²) in [6, 6.07) is 0.421. The molecule has 4 nitrogen and oxygen atoms in total. The lowest BCUT2D eigenvalue weighted by molar-refractivity contribution is 0.100. The lowest BCUT2D eigenvalue weighted by Crippen LogP contribution is -2.34. The van der Waals surface area contributed by atoms with Crippen molar-refractivity contribution in [2.75, 3.05) is 20.7 Å². The summed E-state index contributed by atoms with van der Waals surface area (Å²) in [5.41, 5.74) is 0. The molecule has 13 heavy (non-hydrogen) atoms. The van der Waals surface area contributed by atoms with Crippen LogP contribution in [-0.4, -0.2) is 48.0 Å². The summed E-state index contributed by atoms with van der Waals surface area (Å²) in [4.78, 5) is 2.11. The Morgan fingerprint density at radius 1 is 1.31 bits per heavy atom. The molecule has 0 saturated heterocycles. The van der Waals surface area contributed by atoms with E-state index in [2.05, 4.69) is 4.90 Å². The van der Waals surface area contributed by atoms with Crippen molar-refractivity contribution in [3.63, 3.8) is 0 Å². The van der Waals surface area contributed by atoms with Crippen LogP contribution >= 0.6 is 0 Å². The number of aliphatic hydroxyl groups is 2. The predicted octanol–water partition coefficient (Wildman–Crippen LogP) is 0.622. The first-order valence-electron chi connectivity index (χ1n) is 4.58. The maximum absolute atomic E-state index is 9.32. The summed E-state index contributed by atoms with van der Waals surface area (Å²) in [5, 5.41) is 16.9. The van der Waals surface area contributed by atoms with Crippen molar-refractivity contribution >= 4 is 0 Å². The van der Waals surface area contributed by atoms with E-state index >= 15 is 0 Å². The number of hydrogen-bond donors (Lipinski definition) is 3. The molecule has 0 aromatic carbocycles. The van der Waals surface area contributed by atoms with E-state index in [-0.39, 0.29) is 18.9 Å². The van der Waals surface area contributed by atoms with Crippen molar-refractivity contribution in [1.82, 2.24) is 11.1 Å². The molecular formula is C9H24N2O2. The number of aliphatic hydroxyl groups excluding tert-OH is 2. The normalized spacial score (nSPS) is 26.3. The van der Waals surface area contributed by atoms with Gasteiger partial charge in [0.05, 0.1) is 6.10 Å². The van der Waals surface area contributed by atoms with E-state index in [4.69, 9.17) is 5.11 Å². The van der Waals surface area contributed by atoms with E-state index in [1.807, 2.05) is 14.1 Å². The van der Waals surface area contributed by atoms with Crippen LogP contribution in [0, 0.1) is 0 Å². The van der Waals surface area contributed by atoms with Crippen molar-refractivity contribution in [2.24, 2.45) is 0 Å². The Balaban J connectivity index is 0. The third-order valence-electron chi connectivity index (χ3n) is 2.11. The van der Waals surface area contributed by atoms with Gasteiger partial charge in [0.2, 0.25) is 0 Å². The van der Waals surface area contributed by atoms with Crippen LogP contribution in [0.15, 0.2) is 0 Å². The fourth-order valence-corrected chi connectivity index (χ4v) is 1.52. The minimum absolute atomic E-state index is 0. The molecule has 1 aliphatic carbocycles. The Morgan fingerprint density at radius 3 is 1.92 bits per heavy atom. The zero-order chi connectivity index (χ0) is 9.56. The van der Waals surface area contributed by atoms with Crippen LogP contribution < -0.4 is 6.15 Å². The Hall–Kier alpha value is -0.160. The van der Waals surface area contributed by atoms with Gasteiger partial charge in [0.1, 0.15) is 0 Å². The van der Waals surface area contributed by atoms with Gasteiger partial charge >= 0.3 is 0 Å². The van der Waals surface area contributed by atoms with Crippen LogP contribution in [0.3, 0.4) is 0 Å². The van der Waals surface area contributed by atoms with Gasteiger partial charge in [-0.3, -0.25) is 0 Å². The maximum atomic E-state index is 9.32. The highest BCUT2D eigenvalue weighted by molar-refractivity contribution is 4.81. The first-order chi connectivity index (χ1) is 5.63. The monoisotopic (exact) mass is 192 g/mol. The van der Waals surface area contributed by atoms with E-state index in [0.29, 0.717) is 6.04 Å². The smallest absolute Gasteiger partial charge is 0.0695 e. The molecule has 0 radical (unpaired) electrons. The first-order valence-corrected chi connectivity index (χ1v) is 4.58. The molecule has 0 unspecified atom stereocenters. The number of hydrogen-bond acceptors (Lipinski definition) is 4. The zero-order valence-corrected chi connectivity index (χ0v) is 9.03. The molecule has 0 aromatic rings. The Morgan fingerprint density at radius 2 is 1.77 bits per heavy atom. The minimum atomic E-state index is -0.0694. The van der Waals surface area contributed by atoms with Crippen molar-refractivity contribution in [1.29, 1.82) is 0 Å². The Labute approximate surface area is 81.1 Å². The van der Waals surface area contributed by atoms with Crippen LogP contribution in [0.25, 0.3) is 0 Å². The summed E-state index contributed by atoms with van der Waals surface area (Å²) in [6.45, 7) is 1.93. The molecule has 0 spiro atoms. The van der Waals surface area contributed by atoms with E-state index < -0.39 is 0 Å². The second-order valence-corrected chi connectivity index (χ2v) is 3.35. The molecule has 2 atom stereocenters. The van der Waals surface area contributed by atoms with Gasteiger partial charge in [-0.2, -0.15) is 0 Å². The van der Waals surface area contributed by atoms with Crippen LogP contribution in [0.1, 0.15) is 26.2 Å². The highest BCUT2D eigenvalue weighted by Gasteiger charge is 2.26. The lowest BCUT2D eigenvalue weighted by Gasteiger charge is -2.21. The maximum Gasteiger partial charge on any atom is 0.0695 e. The summed E-state index contributed by atoms with van der Waals surface area (Å²) in [5.74, 6) is 0. The van der Waals surface area contributed by atoms with Crippen molar-refractivity contribution in [2.45, 2.75) is 38.3 Å². The molecule has 82 valence electrons. The highest BCUT2D eigenvalue weighted by Crippen LogP contribution is 2.21. The molecule has 0 heterocycles. The standard InChI is InChI=1S/C7H15NO.C2H6O.H3N/c1-8(2)6-4-3-5-7(6)9;1-2-3;/h6-7,9H,3-5H2,1-2H3;3H,2H2,1H3;1H3/t6-,7+;;/m1../s1. The van der Waals surface area contributed by atoms with Crippen LogP contribution in [-0.2, 0) is 0 Å². The highest BCUT2D eigenvalue weighted by atomic mass is 16.3. The zero-order valence-electron chi connectivity index (χ0n) is 9.03. The van der Waals surface area contributed by atoms with Gasteiger partial charge in [0.15, 0.2) is 0 Å². The number of rotatable bonds is 1. The second-order valence-electron chi connectivity index (χ2n) is 3.35. The lowest BCUT2D eigenvalue weighted by atomic mass is 10.2. The van der Waals surface area contributed by atoms with Crippen LogP contribution in [0.4, 0.5) is 0 Å². The minimum Gasteiger partial charge on any atom is -0.397 e. The van der Waals surface area contributed by atoms with Gasteiger partial charge in [0.25, 0.3) is 0 Å². The van der Waals surface area contributed by atoms with E-state index in [0.717, 1.165) is 12.8 Å². The summed E-state index contributed by atoms with van der Waals surface area (Å²) in [7, 11) is 4.05. The molecule has 0 aliphatic heterocycles. The van der Waals surface area contributed by atoms with Gasteiger partial charge < -0.3 is 21.3 Å². The number of nitrogens with zero attached hydrogens (tertiary/aromatic N) is 1. The average molecular weight is 192 g/mol. The number of likely N-dealkylation sites (N-methyl/N-ethyl adjacent to an activating group) is 1. The Bertz CT molecular complexity index is 110. The molecule has 5 N–H and O–H groups in total. The van der Waals surface area contributed by atoms with Crippen molar-refractivity contribution in [3.05, 3.63) is 0 Å². The van der Waals surface area contributed by atoms with Gasteiger partial charge in [-0.1, -0.05) is 0 Å². The topological polar surface area (TPSA) is 78.7 Å². The molecule has 1 fully saturated rings. The van der Waals surface area contributed by atoms with Crippen LogP contribution in [0.2, 0.25) is 0 Å². The molecule has 1 aliphatic rings. The largest absolute Gasteiger partial charge is 0.397 e. The fraction of sp³-hybridized carbons (Fsp3) is 1.00. The van der Waals surface area contributed by atoms with E-state index in [1.54, 1.807) is 6.92 Å². The molecule has 0 aromatic heterocycles. The van der Waals surface area contributed by atoms with Gasteiger partial charge in [-0.05, 0) is 40.3 Å². The van der Waals surface area contributed by atoms with Crippen molar-refractivity contribution in [3.8, 4) is 0 Å². The molecule has 1 rings (SSSR count). The Kier molecular flexibility index (Phi) is 9.94. The quantitative estimate of drug-likeness (QED) is 0.569. The molecule has 1 saturated carbocycles.